The van der Waals surface area contributed by atoms with Crippen molar-refractivity contribution in [2.24, 2.45) is 23.7 Å². The van der Waals surface area contributed by atoms with E-state index in [9.17, 15) is 58.8 Å². The van der Waals surface area contributed by atoms with E-state index in [-0.39, 0.29) is 21.7 Å². The van der Waals surface area contributed by atoms with Gasteiger partial charge in [-0.05, 0) is 166 Å². The summed E-state index contributed by atoms with van der Waals surface area (Å²) >= 11 is 0. The molecule has 4 N–H and O–H groups in total. The molecular formula is C56H104O20Ti. The van der Waals surface area contributed by atoms with Crippen LogP contribution in [-0.2, 0) is 98.0 Å². The van der Waals surface area contributed by atoms with Crippen LogP contribution in [0.4, 0.5) is 0 Å². The normalized spacial score (nSPS) is 13.6. The summed E-state index contributed by atoms with van der Waals surface area (Å²) in [7, 11) is 0. The van der Waals surface area contributed by atoms with E-state index in [0.717, 1.165) is 0 Å². The number of aliphatic carboxylic acids is 4. The predicted octanol–water partition coefficient (Wildman–Crippen LogP) is 10.5. The summed E-state index contributed by atoms with van der Waals surface area (Å²) in [6, 6.07) is 0. The van der Waals surface area contributed by atoms with Gasteiger partial charge in [-0.2, -0.15) is 0 Å². The quantitative estimate of drug-likeness (QED) is 0.0500. The third-order valence-electron chi connectivity index (χ3n) is 8.12. The zero-order valence-corrected chi connectivity index (χ0v) is 54.7. The van der Waals surface area contributed by atoms with Gasteiger partial charge in [-0.1, -0.05) is 55.4 Å². The van der Waals surface area contributed by atoms with Gasteiger partial charge in [0, 0.05) is 45.4 Å². The first-order valence-electron chi connectivity index (χ1n) is 25.6. The average Bonchev–Trinajstić information content (AvgIpc) is 3.11. The molecule has 0 fully saturated rings. The Morgan fingerprint density at radius 2 is 0.312 bits per heavy atom. The fourth-order valence-electron chi connectivity index (χ4n) is 6.23. The third kappa shape index (κ3) is 30.9. The Morgan fingerprint density at radius 1 is 0.234 bits per heavy atom. The molecule has 0 aliphatic rings. The number of ether oxygens (including phenoxy) is 8. The first kappa shape index (κ1) is 82.8. The summed E-state index contributed by atoms with van der Waals surface area (Å²) in [5, 5.41) is 38.0. The molecule has 0 rings (SSSR count). The zero-order valence-electron chi connectivity index (χ0n) is 53.1. The molecule has 21 heteroatoms. The van der Waals surface area contributed by atoms with Gasteiger partial charge >= 0.3 is 47.0 Å². The van der Waals surface area contributed by atoms with E-state index in [1.807, 2.05) is 0 Å². The minimum Gasteiger partial charge on any atom is -0.477 e. The molecule has 0 aromatic rings. The van der Waals surface area contributed by atoms with Crippen molar-refractivity contribution in [3.05, 3.63) is 0 Å². The van der Waals surface area contributed by atoms with Crippen LogP contribution in [-0.4, -0.2) is 135 Å². The minimum absolute atomic E-state index is 0. The van der Waals surface area contributed by atoms with Gasteiger partial charge in [-0.15, -0.1) is 0 Å². The van der Waals surface area contributed by atoms with Crippen LogP contribution < -0.4 is 0 Å². The molecule has 0 aromatic heterocycles. The Labute approximate surface area is 476 Å². The summed E-state index contributed by atoms with van der Waals surface area (Å²) in [5.74, 6) is -19.2. The van der Waals surface area contributed by atoms with E-state index >= 15 is 0 Å². The molecule has 0 aliphatic heterocycles. The van der Waals surface area contributed by atoms with Crippen molar-refractivity contribution in [1.29, 1.82) is 0 Å². The maximum atomic E-state index is 12.3. The Balaban J connectivity index is -0.000000298. The summed E-state index contributed by atoms with van der Waals surface area (Å²) < 4.78 is 44.1. The van der Waals surface area contributed by atoms with Gasteiger partial charge in [-0.3, -0.25) is 19.2 Å². The molecule has 0 saturated carbocycles. The Kier molecular flexibility index (Phi) is 31.8. The summed E-state index contributed by atoms with van der Waals surface area (Å²) in [5.41, 5.74) is -6.60. The van der Waals surface area contributed by atoms with Crippen LogP contribution in [0.2, 0.25) is 0 Å². The number of carboxylic acid groups (broad SMARTS) is 4. The monoisotopic (exact) mass is 1140 g/mol. The van der Waals surface area contributed by atoms with Gasteiger partial charge in [0.2, 0.25) is 23.1 Å². The standard InChI is InChI=1S/4C14H26O5.Ti/c4*1-9(2)10(15)14(11(16)17,18-12(3,4)5)19-13(6,7)8;/h4*9H,1-8H3,(H,16,17);. The van der Waals surface area contributed by atoms with E-state index in [4.69, 9.17) is 37.9 Å². The third-order valence-corrected chi connectivity index (χ3v) is 8.12. The number of rotatable bonds is 20. The number of carboxylic acids is 4. The van der Waals surface area contributed by atoms with Gasteiger partial charge < -0.3 is 58.3 Å². The van der Waals surface area contributed by atoms with Crippen LogP contribution in [0.3, 0.4) is 0 Å². The average molecular weight is 1150 g/mol. The van der Waals surface area contributed by atoms with Crippen molar-refractivity contribution in [3.8, 4) is 0 Å². The summed E-state index contributed by atoms with van der Waals surface area (Å²) in [4.78, 5) is 95.9. The first-order valence-corrected chi connectivity index (χ1v) is 25.6. The number of ketones is 4. The number of hydrogen-bond donors (Lipinski definition) is 4. The molecule has 0 aromatic carbocycles. The minimum atomic E-state index is -2.27. The molecule has 0 heterocycles. The van der Waals surface area contributed by atoms with Crippen LogP contribution in [0.1, 0.15) is 222 Å². The molecule has 0 unspecified atom stereocenters. The van der Waals surface area contributed by atoms with Gasteiger partial charge in [-0.25, -0.2) is 19.2 Å². The van der Waals surface area contributed by atoms with Gasteiger partial charge in [0.05, 0.1) is 44.8 Å². The van der Waals surface area contributed by atoms with Crippen molar-refractivity contribution < 1.29 is 118 Å². The van der Waals surface area contributed by atoms with E-state index in [2.05, 4.69) is 0 Å². The van der Waals surface area contributed by atoms with Gasteiger partial charge in [0.15, 0.2) is 0 Å². The van der Waals surface area contributed by atoms with Crippen LogP contribution in [0.5, 0.6) is 0 Å². The molecule has 0 saturated heterocycles. The van der Waals surface area contributed by atoms with Gasteiger partial charge in [0.25, 0.3) is 0 Å². The summed E-state index contributed by atoms with van der Waals surface area (Å²) in [6.07, 6.45) is 0. The second-order valence-corrected chi connectivity index (χ2v) is 27.5. The van der Waals surface area contributed by atoms with Crippen LogP contribution in [0.15, 0.2) is 0 Å². The molecular weight excluding hydrogens is 1040 g/mol. The molecule has 0 radical (unpaired) electrons. The van der Waals surface area contributed by atoms with Crippen molar-refractivity contribution in [1.82, 2.24) is 0 Å². The van der Waals surface area contributed by atoms with E-state index < -0.39 is 139 Å². The molecule has 0 bridgehead atoms. The Bertz CT molecular complexity index is 1600. The van der Waals surface area contributed by atoms with Gasteiger partial charge in [0.1, 0.15) is 0 Å². The second kappa shape index (κ2) is 29.6. The number of carbonyl (C=O) groups excluding carboxylic acids is 4. The fourth-order valence-corrected chi connectivity index (χ4v) is 6.23. The van der Waals surface area contributed by atoms with Crippen molar-refractivity contribution in [3.63, 3.8) is 0 Å². The SMILES string of the molecule is CC(C)C(=O)C(OC(C)(C)C)(OC(C)(C)C)C(=O)O.CC(C)C(=O)C(OC(C)(C)C)(OC(C)(C)C)C(=O)O.CC(C)C(=O)C(OC(C)(C)C)(OC(C)(C)C)C(=O)O.CC(C)C(=O)C(OC(C)(C)C)(OC(C)(C)C)C(=O)O.[Ti]. The smallest absolute Gasteiger partial charge is 0.372 e. The van der Waals surface area contributed by atoms with E-state index in [1.54, 1.807) is 222 Å². The number of Topliss-reactive ketones (excluding diaryl/α,β-unsaturated/α-hetero) is 4. The Morgan fingerprint density at radius 3 is 0.351 bits per heavy atom. The number of carbonyl (C=O) groups is 8. The molecule has 0 atom stereocenters. The maximum Gasteiger partial charge on any atom is 0.372 e. The van der Waals surface area contributed by atoms with Crippen molar-refractivity contribution >= 4 is 47.0 Å². The zero-order chi connectivity index (χ0) is 62.6. The first-order chi connectivity index (χ1) is 32.8. The second-order valence-electron chi connectivity index (χ2n) is 27.5. The maximum absolute atomic E-state index is 12.3. The number of hydrogen-bond acceptors (Lipinski definition) is 16. The van der Waals surface area contributed by atoms with Crippen LogP contribution >= 0.6 is 0 Å². The molecule has 452 valence electrons. The van der Waals surface area contributed by atoms with Crippen LogP contribution in [0.25, 0.3) is 0 Å². The van der Waals surface area contributed by atoms with E-state index in [0.29, 0.717) is 0 Å². The molecule has 0 amide bonds. The predicted molar refractivity (Wildman–Crippen MR) is 288 cm³/mol. The molecule has 0 aliphatic carbocycles. The summed E-state index contributed by atoms with van der Waals surface area (Å²) in [6.45, 7) is 53.4. The van der Waals surface area contributed by atoms with E-state index in [1.165, 1.54) is 0 Å². The molecule has 77 heavy (non-hydrogen) atoms. The van der Waals surface area contributed by atoms with Crippen LogP contribution in [0, 0.1) is 23.7 Å². The van der Waals surface area contributed by atoms with Crippen molar-refractivity contribution in [2.45, 2.75) is 290 Å². The topological polar surface area (TPSA) is 291 Å². The van der Waals surface area contributed by atoms with Crippen molar-refractivity contribution in [2.75, 3.05) is 0 Å². The Hall–Kier alpha value is -3.05. The fraction of sp³-hybridized carbons (Fsp3) is 0.857. The molecule has 20 nitrogen and oxygen atoms in total. The largest absolute Gasteiger partial charge is 0.477 e. The molecule has 0 spiro atoms.